The summed E-state index contributed by atoms with van der Waals surface area (Å²) in [5.41, 5.74) is 1.21. The van der Waals surface area contributed by atoms with Crippen LogP contribution in [0.3, 0.4) is 0 Å². The van der Waals surface area contributed by atoms with Gasteiger partial charge >= 0.3 is 0 Å². The second-order valence-corrected chi connectivity index (χ2v) is 7.88. The highest BCUT2D eigenvalue weighted by Gasteiger charge is 2.34. The number of ether oxygens (including phenoxy) is 1. The molecule has 0 aromatic carbocycles. The van der Waals surface area contributed by atoms with Crippen molar-refractivity contribution in [2.24, 2.45) is 5.92 Å². The molecule has 0 bridgehead atoms. The van der Waals surface area contributed by atoms with Crippen LogP contribution < -0.4 is 4.90 Å². The molecule has 7 heteroatoms. The van der Waals surface area contributed by atoms with Gasteiger partial charge in [-0.3, -0.25) is 4.79 Å². The Morgan fingerprint density at radius 3 is 3.08 bits per heavy atom. The van der Waals surface area contributed by atoms with Gasteiger partial charge in [-0.25, -0.2) is 0 Å². The standard InChI is InChI=1S/C19H24N4O2S/c1-14(18-15-6-13-26-16(15)5-12-25-18)19(24)23-9-3-8-22(10-11-23)17-4-2-7-20-21-17/h2,4,6-7,13-14,18H,3,5,8-12H2,1H3. The zero-order chi connectivity index (χ0) is 17.9. The first-order valence-corrected chi connectivity index (χ1v) is 10.1. The SMILES string of the molecule is CC(C(=O)N1CCCN(c2cccnn2)CC1)C1OCCc2sccc21. The fourth-order valence-corrected chi connectivity index (χ4v) is 4.74. The molecule has 2 aliphatic heterocycles. The largest absolute Gasteiger partial charge is 0.372 e. The van der Waals surface area contributed by atoms with Gasteiger partial charge in [0.1, 0.15) is 0 Å². The zero-order valence-electron chi connectivity index (χ0n) is 15.0. The van der Waals surface area contributed by atoms with Crippen LogP contribution in [0.15, 0.2) is 29.8 Å². The van der Waals surface area contributed by atoms with E-state index in [9.17, 15) is 4.79 Å². The van der Waals surface area contributed by atoms with Crippen molar-refractivity contribution >= 4 is 23.1 Å². The maximum Gasteiger partial charge on any atom is 0.228 e. The summed E-state index contributed by atoms with van der Waals surface area (Å²) in [4.78, 5) is 18.7. The summed E-state index contributed by atoms with van der Waals surface area (Å²) in [5.74, 6) is 0.912. The molecule has 2 aliphatic rings. The molecule has 1 saturated heterocycles. The summed E-state index contributed by atoms with van der Waals surface area (Å²) in [6.45, 7) is 5.88. The van der Waals surface area contributed by atoms with E-state index < -0.39 is 0 Å². The third kappa shape index (κ3) is 3.46. The van der Waals surface area contributed by atoms with Crippen molar-refractivity contribution in [2.75, 3.05) is 37.7 Å². The maximum absolute atomic E-state index is 13.1. The van der Waals surface area contributed by atoms with Crippen molar-refractivity contribution in [2.45, 2.75) is 25.9 Å². The molecule has 1 amide bonds. The smallest absolute Gasteiger partial charge is 0.228 e. The highest BCUT2D eigenvalue weighted by atomic mass is 32.1. The van der Waals surface area contributed by atoms with Gasteiger partial charge in [0.25, 0.3) is 0 Å². The fourth-order valence-electron chi connectivity index (χ4n) is 3.84. The van der Waals surface area contributed by atoms with E-state index in [0.29, 0.717) is 13.2 Å². The number of carbonyl (C=O) groups excluding carboxylic acids is 1. The quantitative estimate of drug-likeness (QED) is 0.829. The molecule has 6 nitrogen and oxygen atoms in total. The Balaban J connectivity index is 1.42. The Kier molecular flexibility index (Phi) is 5.17. The third-order valence-electron chi connectivity index (χ3n) is 5.25. The Hall–Kier alpha value is -1.99. The van der Waals surface area contributed by atoms with Gasteiger partial charge in [0.2, 0.25) is 5.91 Å². The Morgan fingerprint density at radius 1 is 1.31 bits per heavy atom. The number of nitrogens with zero attached hydrogens (tertiary/aromatic N) is 4. The lowest BCUT2D eigenvalue weighted by Gasteiger charge is -2.31. The van der Waals surface area contributed by atoms with Crippen molar-refractivity contribution in [3.63, 3.8) is 0 Å². The first-order chi connectivity index (χ1) is 12.7. The molecule has 0 spiro atoms. The van der Waals surface area contributed by atoms with Gasteiger partial charge < -0.3 is 14.5 Å². The lowest BCUT2D eigenvalue weighted by atomic mass is 9.94. The fraction of sp³-hybridized carbons (Fsp3) is 0.526. The van der Waals surface area contributed by atoms with Crippen LogP contribution in [-0.2, 0) is 16.0 Å². The van der Waals surface area contributed by atoms with E-state index in [1.807, 2.05) is 24.0 Å². The lowest BCUT2D eigenvalue weighted by Crippen LogP contribution is -2.41. The topological polar surface area (TPSA) is 58.6 Å². The zero-order valence-corrected chi connectivity index (χ0v) is 15.8. The molecule has 2 aromatic heterocycles. The van der Waals surface area contributed by atoms with Gasteiger partial charge in [-0.1, -0.05) is 6.92 Å². The summed E-state index contributed by atoms with van der Waals surface area (Å²) in [5, 5.41) is 10.3. The van der Waals surface area contributed by atoms with Crippen molar-refractivity contribution in [3.05, 3.63) is 40.2 Å². The number of amides is 1. The van der Waals surface area contributed by atoms with Crippen LogP contribution in [0.25, 0.3) is 0 Å². The van der Waals surface area contributed by atoms with Crippen LogP contribution in [0, 0.1) is 5.92 Å². The van der Waals surface area contributed by atoms with E-state index in [1.165, 1.54) is 10.4 Å². The van der Waals surface area contributed by atoms with E-state index in [-0.39, 0.29) is 17.9 Å². The average Bonchev–Trinajstić information content (AvgIpc) is 3.04. The second-order valence-electron chi connectivity index (χ2n) is 6.88. The molecule has 0 saturated carbocycles. The van der Waals surface area contributed by atoms with E-state index in [4.69, 9.17) is 4.74 Å². The Bertz CT molecular complexity index is 751. The highest BCUT2D eigenvalue weighted by Crippen LogP contribution is 2.36. The summed E-state index contributed by atoms with van der Waals surface area (Å²) in [7, 11) is 0. The number of hydrogen-bond donors (Lipinski definition) is 0. The van der Waals surface area contributed by atoms with E-state index in [1.54, 1.807) is 17.5 Å². The van der Waals surface area contributed by atoms with Crippen molar-refractivity contribution in [3.8, 4) is 0 Å². The minimum absolute atomic E-state index is 0.114. The molecule has 0 radical (unpaired) electrons. The molecule has 2 aromatic rings. The van der Waals surface area contributed by atoms with Gasteiger partial charge in [-0.15, -0.1) is 16.4 Å². The minimum atomic E-state index is -0.160. The number of carbonyl (C=O) groups is 1. The predicted octanol–water partition coefficient (Wildman–Crippen LogP) is 2.53. The number of anilines is 1. The van der Waals surface area contributed by atoms with Gasteiger partial charge in [-0.2, -0.15) is 5.10 Å². The van der Waals surface area contributed by atoms with Crippen LogP contribution in [0.2, 0.25) is 0 Å². The number of aromatic nitrogens is 2. The van der Waals surface area contributed by atoms with E-state index in [0.717, 1.165) is 38.3 Å². The molecule has 4 rings (SSSR count). The number of hydrogen-bond acceptors (Lipinski definition) is 6. The van der Waals surface area contributed by atoms with E-state index >= 15 is 0 Å². The normalized spacial score (nSPS) is 21.8. The van der Waals surface area contributed by atoms with Crippen molar-refractivity contribution in [1.29, 1.82) is 0 Å². The van der Waals surface area contributed by atoms with Crippen LogP contribution in [0.4, 0.5) is 5.82 Å². The molecular weight excluding hydrogens is 348 g/mol. The van der Waals surface area contributed by atoms with Crippen molar-refractivity contribution in [1.82, 2.24) is 15.1 Å². The summed E-state index contributed by atoms with van der Waals surface area (Å²) in [6.07, 6.45) is 3.46. The first kappa shape index (κ1) is 17.4. The monoisotopic (exact) mass is 372 g/mol. The maximum atomic E-state index is 13.1. The Labute approximate surface area is 157 Å². The van der Waals surface area contributed by atoms with Gasteiger partial charge in [0.05, 0.1) is 18.6 Å². The third-order valence-corrected chi connectivity index (χ3v) is 6.24. The van der Waals surface area contributed by atoms with Crippen LogP contribution in [0.5, 0.6) is 0 Å². The second kappa shape index (κ2) is 7.72. The molecule has 1 fully saturated rings. The molecule has 2 unspecified atom stereocenters. The van der Waals surface area contributed by atoms with Crippen molar-refractivity contribution < 1.29 is 9.53 Å². The molecule has 138 valence electrons. The Morgan fingerprint density at radius 2 is 2.23 bits per heavy atom. The molecule has 0 aliphatic carbocycles. The molecule has 26 heavy (non-hydrogen) atoms. The number of rotatable bonds is 3. The molecule has 4 heterocycles. The van der Waals surface area contributed by atoms with Crippen LogP contribution in [-0.4, -0.2) is 53.8 Å². The van der Waals surface area contributed by atoms with Gasteiger partial charge in [-0.05, 0) is 35.6 Å². The summed E-state index contributed by atoms with van der Waals surface area (Å²) in [6, 6.07) is 5.99. The lowest BCUT2D eigenvalue weighted by molar-refractivity contribution is -0.140. The molecular formula is C19H24N4O2S. The number of fused-ring (bicyclic) bond motifs is 1. The predicted molar refractivity (Wildman–Crippen MR) is 101 cm³/mol. The van der Waals surface area contributed by atoms with Crippen LogP contribution >= 0.6 is 11.3 Å². The van der Waals surface area contributed by atoms with Gasteiger partial charge in [0, 0.05) is 43.7 Å². The highest BCUT2D eigenvalue weighted by molar-refractivity contribution is 7.10. The average molecular weight is 372 g/mol. The minimum Gasteiger partial charge on any atom is -0.372 e. The molecule has 2 atom stereocenters. The van der Waals surface area contributed by atoms with Crippen LogP contribution in [0.1, 0.15) is 29.9 Å². The van der Waals surface area contributed by atoms with E-state index in [2.05, 4.69) is 26.5 Å². The summed E-state index contributed by atoms with van der Waals surface area (Å²) < 4.78 is 5.99. The van der Waals surface area contributed by atoms with Gasteiger partial charge in [0.15, 0.2) is 5.82 Å². The first-order valence-electron chi connectivity index (χ1n) is 9.23. The number of thiophene rings is 1. The summed E-state index contributed by atoms with van der Waals surface area (Å²) >= 11 is 1.77. The molecule has 0 N–H and O–H groups in total.